The van der Waals surface area contributed by atoms with Crippen LogP contribution in [0.15, 0.2) is 0 Å². The second-order valence-corrected chi connectivity index (χ2v) is 6.59. The van der Waals surface area contributed by atoms with E-state index in [9.17, 15) is 0 Å². The van der Waals surface area contributed by atoms with Crippen molar-refractivity contribution in [2.75, 3.05) is 7.11 Å². The quantitative estimate of drug-likeness (QED) is 0.531. The van der Waals surface area contributed by atoms with Crippen molar-refractivity contribution in [1.82, 2.24) is 0 Å². The molecular formula is C10H14BBrO4. The fourth-order valence-electron chi connectivity index (χ4n) is 2.69. The molecule has 1 saturated carbocycles. The molecule has 2 unspecified atom stereocenters. The Morgan fingerprint density at radius 2 is 1.94 bits per heavy atom. The van der Waals surface area contributed by atoms with Crippen LogP contribution in [0.5, 0.6) is 0 Å². The molecule has 0 amide bonds. The summed E-state index contributed by atoms with van der Waals surface area (Å²) in [5.74, 6) is -0.603. The summed E-state index contributed by atoms with van der Waals surface area (Å²) in [5.41, 5.74) is -0.508. The molecule has 0 aromatic carbocycles. The highest BCUT2D eigenvalue weighted by Gasteiger charge is 2.78. The molecule has 3 fully saturated rings. The van der Waals surface area contributed by atoms with Crippen LogP contribution in [0.25, 0.3) is 0 Å². The molecular weight excluding hydrogens is 275 g/mol. The summed E-state index contributed by atoms with van der Waals surface area (Å²) in [5, 5.41) is 0. The summed E-state index contributed by atoms with van der Waals surface area (Å²) >= 11 is 3.46. The summed E-state index contributed by atoms with van der Waals surface area (Å²) < 4.78 is 22.3. The van der Waals surface area contributed by atoms with E-state index in [0.717, 1.165) is 0 Å². The van der Waals surface area contributed by atoms with Crippen LogP contribution in [0.4, 0.5) is 0 Å². The number of fused-ring (bicyclic) bond motifs is 2. The van der Waals surface area contributed by atoms with Gasteiger partial charge in [-0.2, -0.15) is 0 Å². The zero-order valence-corrected chi connectivity index (χ0v) is 11.1. The Morgan fingerprint density at radius 1 is 1.31 bits per heavy atom. The van der Waals surface area contributed by atoms with Crippen LogP contribution >= 0.6 is 15.9 Å². The van der Waals surface area contributed by atoms with Gasteiger partial charge >= 0.3 is 0 Å². The summed E-state index contributed by atoms with van der Waals surface area (Å²) in [6.45, 7) is 3.78. The molecule has 2 saturated heterocycles. The molecule has 0 aromatic heterocycles. The maximum Gasteiger partial charge on any atom is 0.186 e. The minimum absolute atomic E-state index is 0.170. The maximum atomic E-state index is 6.07. The molecule has 16 heavy (non-hydrogen) atoms. The van der Waals surface area contributed by atoms with Crippen LogP contribution in [-0.2, 0) is 18.9 Å². The third kappa shape index (κ3) is 1.31. The molecule has 88 valence electrons. The van der Waals surface area contributed by atoms with Crippen molar-refractivity contribution in [3.63, 3.8) is 0 Å². The van der Waals surface area contributed by atoms with Gasteiger partial charge < -0.3 is 18.9 Å². The maximum absolute atomic E-state index is 6.07. The lowest BCUT2D eigenvalue weighted by atomic mass is 9.95. The number of methoxy groups -OCH3 is 1. The number of alkyl halides is 1. The summed E-state index contributed by atoms with van der Waals surface area (Å²) in [6.07, 6.45) is -0.0740. The first-order valence-corrected chi connectivity index (χ1v) is 6.15. The van der Waals surface area contributed by atoms with E-state index in [1.807, 2.05) is 13.8 Å². The van der Waals surface area contributed by atoms with Gasteiger partial charge in [0, 0.05) is 11.3 Å². The molecule has 1 spiro atoms. The first-order valence-electron chi connectivity index (χ1n) is 5.35. The summed E-state index contributed by atoms with van der Waals surface area (Å²) in [4.78, 5) is 0. The van der Waals surface area contributed by atoms with E-state index in [-0.39, 0.29) is 12.2 Å². The van der Waals surface area contributed by atoms with Gasteiger partial charge in [-0.15, -0.1) is 0 Å². The van der Waals surface area contributed by atoms with E-state index in [1.54, 1.807) is 7.11 Å². The molecule has 3 rings (SSSR count). The van der Waals surface area contributed by atoms with Gasteiger partial charge in [0.05, 0.1) is 7.85 Å². The van der Waals surface area contributed by atoms with E-state index >= 15 is 0 Å². The van der Waals surface area contributed by atoms with Gasteiger partial charge in [0.1, 0.15) is 17.8 Å². The second-order valence-electron chi connectivity index (χ2n) is 5.17. The van der Waals surface area contributed by atoms with Crippen molar-refractivity contribution >= 4 is 23.8 Å². The second kappa shape index (κ2) is 3.04. The zero-order chi connectivity index (χ0) is 11.8. The van der Waals surface area contributed by atoms with Gasteiger partial charge in [-0.25, -0.2) is 0 Å². The lowest BCUT2D eigenvalue weighted by Gasteiger charge is -2.25. The van der Waals surface area contributed by atoms with E-state index in [2.05, 4.69) is 15.9 Å². The SMILES string of the molecule is [B][C@@]1(Br)C[C@@]12O[C@@H](OC)C1OC(C)(C)OC12. The van der Waals surface area contributed by atoms with Crippen molar-refractivity contribution in [2.45, 2.75) is 54.4 Å². The Balaban J connectivity index is 1.91. The third-order valence-electron chi connectivity index (χ3n) is 3.51. The van der Waals surface area contributed by atoms with Crippen LogP contribution in [0.1, 0.15) is 20.3 Å². The predicted octanol–water partition coefficient (Wildman–Crippen LogP) is 0.911. The number of rotatable bonds is 1. The minimum Gasteiger partial charge on any atom is -0.353 e. The van der Waals surface area contributed by atoms with Crippen molar-refractivity contribution in [3.05, 3.63) is 0 Å². The monoisotopic (exact) mass is 288 g/mol. The van der Waals surface area contributed by atoms with Gasteiger partial charge in [-0.3, -0.25) is 0 Å². The number of hydrogen-bond donors (Lipinski definition) is 0. The first-order chi connectivity index (χ1) is 7.31. The van der Waals surface area contributed by atoms with Gasteiger partial charge in [-0.1, -0.05) is 15.9 Å². The number of halogens is 1. The zero-order valence-electron chi connectivity index (χ0n) is 9.53. The Kier molecular flexibility index (Phi) is 2.18. The van der Waals surface area contributed by atoms with Gasteiger partial charge in [-0.05, 0) is 20.3 Å². The average molecular weight is 289 g/mol. The largest absolute Gasteiger partial charge is 0.353 e. The van der Waals surface area contributed by atoms with Crippen LogP contribution in [0.2, 0.25) is 0 Å². The highest BCUT2D eigenvalue weighted by atomic mass is 79.9. The normalized spacial score (nSPS) is 57.9. The van der Waals surface area contributed by atoms with E-state index in [1.165, 1.54) is 0 Å². The van der Waals surface area contributed by atoms with Gasteiger partial charge in [0.2, 0.25) is 0 Å². The Bertz CT molecular complexity index is 335. The summed E-state index contributed by atoms with van der Waals surface area (Å²) in [7, 11) is 7.67. The molecule has 2 radical (unpaired) electrons. The van der Waals surface area contributed by atoms with E-state index in [0.29, 0.717) is 6.42 Å². The van der Waals surface area contributed by atoms with Crippen LogP contribution in [0.3, 0.4) is 0 Å². The van der Waals surface area contributed by atoms with Gasteiger partial charge in [0.25, 0.3) is 0 Å². The average Bonchev–Trinajstić information content (AvgIpc) is 2.45. The van der Waals surface area contributed by atoms with Crippen LogP contribution in [-0.4, -0.2) is 49.1 Å². The predicted molar refractivity (Wildman–Crippen MR) is 60.5 cm³/mol. The number of ether oxygens (including phenoxy) is 4. The van der Waals surface area contributed by atoms with Crippen molar-refractivity contribution in [3.8, 4) is 0 Å². The molecule has 5 atom stereocenters. The molecule has 6 heteroatoms. The van der Waals surface area contributed by atoms with E-state index < -0.39 is 21.9 Å². The Hall–Kier alpha value is 0.385. The molecule has 3 aliphatic rings. The molecule has 0 aromatic rings. The molecule has 1 aliphatic carbocycles. The topological polar surface area (TPSA) is 36.9 Å². The lowest BCUT2D eigenvalue weighted by molar-refractivity contribution is -0.232. The van der Waals surface area contributed by atoms with Crippen molar-refractivity contribution in [1.29, 1.82) is 0 Å². The smallest absolute Gasteiger partial charge is 0.186 e. The molecule has 0 N–H and O–H groups in total. The fraction of sp³-hybridized carbons (Fsp3) is 1.00. The van der Waals surface area contributed by atoms with Crippen LogP contribution in [0, 0.1) is 0 Å². The molecule has 4 nitrogen and oxygen atoms in total. The third-order valence-corrected chi connectivity index (χ3v) is 4.47. The standard InChI is InChI=1S/C10H14BBrO4/c1-8(2)14-5-6(15-8)9(4-10(9,11)12)16-7(5)13-3/h5-7H,4H2,1-3H3/t5?,6?,7-,9+,10-/m1/s1. The number of hydrogen-bond acceptors (Lipinski definition) is 4. The molecule has 2 heterocycles. The lowest BCUT2D eigenvalue weighted by Crippen LogP contribution is -2.36. The van der Waals surface area contributed by atoms with Gasteiger partial charge in [0.15, 0.2) is 12.1 Å². The van der Waals surface area contributed by atoms with Crippen LogP contribution < -0.4 is 0 Å². The molecule has 0 bridgehead atoms. The Labute approximate surface area is 104 Å². The highest BCUT2D eigenvalue weighted by molar-refractivity contribution is 9.10. The highest BCUT2D eigenvalue weighted by Crippen LogP contribution is 2.64. The Morgan fingerprint density at radius 3 is 2.44 bits per heavy atom. The molecule has 2 aliphatic heterocycles. The fourth-order valence-corrected chi connectivity index (χ4v) is 3.42. The minimum atomic E-state index is -0.603. The van der Waals surface area contributed by atoms with E-state index in [4.69, 9.17) is 26.8 Å². The summed E-state index contributed by atoms with van der Waals surface area (Å²) in [6, 6.07) is 0. The van der Waals surface area contributed by atoms with Crippen molar-refractivity contribution < 1.29 is 18.9 Å². The van der Waals surface area contributed by atoms with Crippen molar-refractivity contribution in [2.24, 2.45) is 0 Å². The first kappa shape index (κ1) is 11.5.